The number of carbonyl (C=O) groups is 3. The molecule has 16 heteroatoms. The Morgan fingerprint density at radius 1 is 1.00 bits per heavy atom. The van der Waals surface area contributed by atoms with Gasteiger partial charge in [-0.05, 0) is 44.4 Å². The minimum Gasteiger partial charge on any atom is -0.475 e. The van der Waals surface area contributed by atoms with E-state index in [1.165, 1.54) is 5.56 Å². The Kier molecular flexibility index (Phi) is 11.9. The highest BCUT2D eigenvalue weighted by atomic mass is 19.4. The van der Waals surface area contributed by atoms with E-state index in [9.17, 15) is 31.1 Å². The van der Waals surface area contributed by atoms with Crippen LogP contribution in [0, 0.1) is 19.3 Å². The fourth-order valence-electron chi connectivity index (χ4n) is 4.47. The summed E-state index contributed by atoms with van der Waals surface area (Å²) in [7, 11) is 0. The lowest BCUT2D eigenvalue weighted by Crippen LogP contribution is -2.48. The highest BCUT2D eigenvalue weighted by molar-refractivity contribution is 5.95. The average Bonchev–Trinajstić information content (AvgIpc) is 3.12. The van der Waals surface area contributed by atoms with Crippen molar-refractivity contribution < 1.29 is 60.1 Å². The lowest BCUT2D eigenvalue weighted by atomic mass is 9.78. The van der Waals surface area contributed by atoms with E-state index in [1.807, 2.05) is 43.3 Å². The molecule has 2 N–H and O–H groups in total. The van der Waals surface area contributed by atoms with Gasteiger partial charge in [-0.3, -0.25) is 14.7 Å². The molecule has 0 aromatic carbocycles. The molecule has 1 amide bonds. The van der Waals surface area contributed by atoms with Crippen molar-refractivity contribution in [3.63, 3.8) is 0 Å². The van der Waals surface area contributed by atoms with E-state index >= 15 is 0 Å². The SMILES string of the molecule is Cc1cc(C(=O)N2CCC3(CC2)COCCN(Cc2cccnc2)C3)c(C)o1.O=C(O)C(F)(F)F.O=C(O)C(F)(F)F. The fourth-order valence-corrected chi connectivity index (χ4v) is 4.47. The Morgan fingerprint density at radius 3 is 2.02 bits per heavy atom. The number of halogens is 6. The Hall–Kier alpha value is -3.66. The Balaban J connectivity index is 0.000000367. The van der Waals surface area contributed by atoms with Crippen molar-refractivity contribution in [2.24, 2.45) is 5.41 Å². The van der Waals surface area contributed by atoms with Gasteiger partial charge in [-0.2, -0.15) is 26.3 Å². The zero-order chi connectivity index (χ0) is 31.7. The highest BCUT2D eigenvalue weighted by Gasteiger charge is 2.40. The molecule has 2 aromatic rings. The Morgan fingerprint density at radius 2 is 1.57 bits per heavy atom. The summed E-state index contributed by atoms with van der Waals surface area (Å²) in [4.78, 5) is 39.4. The van der Waals surface area contributed by atoms with Crippen LogP contribution < -0.4 is 0 Å². The van der Waals surface area contributed by atoms with E-state index in [1.54, 1.807) is 0 Å². The molecule has 0 aliphatic carbocycles. The van der Waals surface area contributed by atoms with Gasteiger partial charge < -0.3 is 24.3 Å². The van der Waals surface area contributed by atoms with Gasteiger partial charge in [0.2, 0.25) is 0 Å². The number of carboxylic acids is 2. The molecule has 4 rings (SSSR count). The minimum atomic E-state index is -5.08. The predicted molar refractivity (Wildman–Crippen MR) is 133 cm³/mol. The number of amides is 1. The standard InChI is InChI=1S/C22H29N3O3.2C2HF3O2/c1-17-12-20(18(2)28-17)21(26)25-8-5-22(6-9-25)15-24(10-11-27-16-22)14-19-4-3-7-23-13-19;2*3-2(4,5)1(6)7/h3-4,7,12-13H,5-6,8-11,14-16H2,1-2H3;2*(H,6,7). The molecule has 4 heterocycles. The van der Waals surface area contributed by atoms with Crippen molar-refractivity contribution in [2.45, 2.75) is 45.6 Å². The van der Waals surface area contributed by atoms with Gasteiger partial charge in [0.15, 0.2) is 0 Å². The van der Waals surface area contributed by atoms with Gasteiger partial charge in [0.05, 0.1) is 18.8 Å². The van der Waals surface area contributed by atoms with Gasteiger partial charge in [0.25, 0.3) is 5.91 Å². The fraction of sp³-hybridized carbons (Fsp3) is 0.538. The summed E-state index contributed by atoms with van der Waals surface area (Å²) in [5.41, 5.74) is 2.05. The van der Waals surface area contributed by atoms with Crippen LogP contribution in [0.1, 0.15) is 40.3 Å². The second kappa shape index (κ2) is 14.5. The third-order valence-corrected chi connectivity index (χ3v) is 6.52. The summed E-state index contributed by atoms with van der Waals surface area (Å²) in [6.07, 6.45) is -4.47. The number of likely N-dealkylation sites (tertiary alicyclic amines) is 1. The molecular formula is C26H31F6N3O7. The number of aliphatic carboxylic acids is 2. The molecule has 234 valence electrons. The summed E-state index contributed by atoms with van der Waals surface area (Å²) in [5.74, 6) is -3.92. The van der Waals surface area contributed by atoms with E-state index in [4.69, 9.17) is 29.0 Å². The van der Waals surface area contributed by atoms with E-state index in [0.717, 1.165) is 64.5 Å². The molecular weight excluding hydrogens is 580 g/mol. The van der Waals surface area contributed by atoms with Crippen molar-refractivity contribution in [3.8, 4) is 0 Å². The molecule has 42 heavy (non-hydrogen) atoms. The van der Waals surface area contributed by atoms with Gasteiger partial charge in [0.1, 0.15) is 11.5 Å². The first-order valence-electron chi connectivity index (χ1n) is 12.6. The third kappa shape index (κ3) is 10.6. The molecule has 0 atom stereocenters. The number of hydrogen-bond donors (Lipinski definition) is 2. The quantitative estimate of drug-likeness (QED) is 0.487. The first-order chi connectivity index (χ1) is 19.4. The van der Waals surface area contributed by atoms with Crippen molar-refractivity contribution in [1.29, 1.82) is 0 Å². The van der Waals surface area contributed by atoms with Crippen LogP contribution in [0.15, 0.2) is 35.0 Å². The van der Waals surface area contributed by atoms with Crippen LogP contribution in [0.3, 0.4) is 0 Å². The molecule has 0 unspecified atom stereocenters. The smallest absolute Gasteiger partial charge is 0.475 e. The normalized spacial score (nSPS) is 17.3. The summed E-state index contributed by atoms with van der Waals surface area (Å²) in [6.45, 7) is 9.67. The molecule has 0 bridgehead atoms. The lowest BCUT2D eigenvalue weighted by molar-refractivity contribution is -0.193. The van der Waals surface area contributed by atoms with Crippen LogP contribution >= 0.6 is 0 Å². The third-order valence-electron chi connectivity index (χ3n) is 6.52. The number of pyridine rings is 1. The average molecular weight is 612 g/mol. The van der Waals surface area contributed by atoms with Gasteiger partial charge in [0, 0.05) is 50.5 Å². The molecule has 2 aliphatic rings. The van der Waals surface area contributed by atoms with Gasteiger partial charge in [-0.15, -0.1) is 0 Å². The van der Waals surface area contributed by atoms with Crippen molar-refractivity contribution in [3.05, 3.63) is 53.2 Å². The summed E-state index contributed by atoms with van der Waals surface area (Å²) in [6, 6.07) is 5.97. The molecule has 2 saturated heterocycles. The summed E-state index contributed by atoms with van der Waals surface area (Å²) < 4.78 is 75.0. The van der Waals surface area contributed by atoms with Crippen molar-refractivity contribution in [2.75, 3.05) is 39.4 Å². The van der Waals surface area contributed by atoms with Gasteiger partial charge in [-0.1, -0.05) is 6.07 Å². The van der Waals surface area contributed by atoms with Crippen LogP contribution in [0.2, 0.25) is 0 Å². The molecule has 2 fully saturated rings. The van der Waals surface area contributed by atoms with Crippen molar-refractivity contribution in [1.82, 2.24) is 14.8 Å². The Bertz CT molecular complexity index is 1170. The maximum Gasteiger partial charge on any atom is 0.490 e. The number of aromatic nitrogens is 1. The second-order valence-corrected chi connectivity index (χ2v) is 9.85. The highest BCUT2D eigenvalue weighted by Crippen LogP contribution is 2.35. The lowest BCUT2D eigenvalue weighted by Gasteiger charge is -2.42. The maximum absolute atomic E-state index is 12.9. The summed E-state index contributed by atoms with van der Waals surface area (Å²) in [5, 5.41) is 14.2. The molecule has 1 spiro atoms. The first kappa shape index (κ1) is 34.5. The number of alkyl halides is 6. The van der Waals surface area contributed by atoms with Crippen LogP contribution in [0.25, 0.3) is 0 Å². The number of nitrogens with zero attached hydrogens (tertiary/aromatic N) is 3. The van der Waals surface area contributed by atoms with E-state index in [0.29, 0.717) is 11.3 Å². The zero-order valence-electron chi connectivity index (χ0n) is 22.8. The maximum atomic E-state index is 12.9. The van der Waals surface area contributed by atoms with E-state index in [-0.39, 0.29) is 11.3 Å². The number of rotatable bonds is 3. The minimum absolute atomic E-state index is 0.0888. The second-order valence-electron chi connectivity index (χ2n) is 9.85. The van der Waals surface area contributed by atoms with Crippen molar-refractivity contribution >= 4 is 17.8 Å². The number of piperidine rings is 1. The van der Waals surface area contributed by atoms with Gasteiger partial charge >= 0.3 is 24.3 Å². The van der Waals surface area contributed by atoms with E-state index < -0.39 is 24.3 Å². The van der Waals surface area contributed by atoms with Crippen LogP contribution in [0.5, 0.6) is 0 Å². The van der Waals surface area contributed by atoms with Crippen LogP contribution in [0.4, 0.5) is 26.3 Å². The Labute approximate surface area is 236 Å². The molecule has 2 aliphatic heterocycles. The number of furan rings is 1. The van der Waals surface area contributed by atoms with Crippen LogP contribution in [-0.2, 0) is 20.9 Å². The topological polar surface area (TPSA) is 133 Å². The zero-order valence-corrected chi connectivity index (χ0v) is 22.8. The molecule has 0 saturated carbocycles. The van der Waals surface area contributed by atoms with Crippen LogP contribution in [-0.4, -0.2) is 94.6 Å². The number of carbonyl (C=O) groups excluding carboxylic acids is 1. The van der Waals surface area contributed by atoms with Gasteiger partial charge in [-0.25, -0.2) is 9.59 Å². The summed E-state index contributed by atoms with van der Waals surface area (Å²) >= 11 is 0. The first-order valence-corrected chi connectivity index (χ1v) is 12.6. The molecule has 0 radical (unpaired) electrons. The van der Waals surface area contributed by atoms with E-state index in [2.05, 4.69) is 16.0 Å². The molecule has 2 aromatic heterocycles. The molecule has 10 nitrogen and oxygen atoms in total. The number of hydrogen-bond acceptors (Lipinski definition) is 7. The number of aryl methyl sites for hydroxylation is 2. The number of ether oxygens (including phenoxy) is 1. The number of carboxylic acid groups (broad SMARTS) is 2. The monoisotopic (exact) mass is 611 g/mol. The predicted octanol–water partition coefficient (Wildman–Crippen LogP) is 4.31. The largest absolute Gasteiger partial charge is 0.490 e.